The Morgan fingerprint density at radius 1 is 0.886 bits per heavy atom. The highest BCUT2D eigenvalue weighted by Crippen LogP contribution is 2.49. The highest BCUT2D eigenvalue weighted by Gasteiger charge is 2.62. The number of likely N-dealkylation sites (N-methyl/N-ethyl adjacent to an activating group) is 1. The van der Waals surface area contributed by atoms with Crippen LogP contribution in [0.25, 0.3) is 0 Å². The first kappa shape index (κ1) is 22.6. The van der Waals surface area contributed by atoms with Gasteiger partial charge in [0, 0.05) is 56.9 Å². The van der Waals surface area contributed by atoms with Gasteiger partial charge in [-0.15, -0.1) is 0 Å². The van der Waals surface area contributed by atoms with Gasteiger partial charge in [0.25, 0.3) is 5.91 Å². The summed E-state index contributed by atoms with van der Waals surface area (Å²) in [6.45, 7) is 7.49. The summed E-state index contributed by atoms with van der Waals surface area (Å²) < 4.78 is 0. The van der Waals surface area contributed by atoms with Crippen molar-refractivity contribution in [1.82, 2.24) is 14.7 Å². The van der Waals surface area contributed by atoms with Gasteiger partial charge in [-0.05, 0) is 62.3 Å². The number of hydrogen-bond donors (Lipinski definition) is 0. The van der Waals surface area contributed by atoms with Crippen molar-refractivity contribution in [3.63, 3.8) is 0 Å². The molecule has 1 aliphatic carbocycles. The molecule has 4 aliphatic rings. The molecule has 1 saturated carbocycles. The van der Waals surface area contributed by atoms with Gasteiger partial charge in [-0.2, -0.15) is 0 Å². The Morgan fingerprint density at radius 2 is 1.57 bits per heavy atom. The maximum absolute atomic E-state index is 13.8. The average molecular weight is 473 g/mol. The second kappa shape index (κ2) is 8.98. The van der Waals surface area contributed by atoms with Crippen molar-refractivity contribution in [2.45, 2.75) is 63.1 Å². The third-order valence-corrected chi connectivity index (χ3v) is 8.70. The number of piperidine rings is 1. The standard InChI is InChI=1S/C29H36N4O2/c1-2-32-28(35)33(26-20-25(26)23-8-4-3-5-9-23)27(34)29(32)14-18-30(19-15-29)21-22-10-12-24(13-11-22)31-16-6-7-17-31/h3-5,8-13,25-26H,2,6-7,14-21H2,1H3. The van der Waals surface area contributed by atoms with Gasteiger partial charge in [0.15, 0.2) is 0 Å². The van der Waals surface area contributed by atoms with E-state index in [4.69, 9.17) is 0 Å². The Labute approximate surface area is 208 Å². The van der Waals surface area contributed by atoms with Crippen molar-refractivity contribution in [1.29, 1.82) is 0 Å². The zero-order chi connectivity index (χ0) is 24.0. The van der Waals surface area contributed by atoms with Crippen LogP contribution in [-0.2, 0) is 11.3 Å². The summed E-state index contributed by atoms with van der Waals surface area (Å²) in [6, 6.07) is 19.2. The van der Waals surface area contributed by atoms with E-state index < -0.39 is 5.54 Å². The van der Waals surface area contributed by atoms with Crippen LogP contribution in [0.4, 0.5) is 10.5 Å². The number of imide groups is 1. The Kier molecular flexibility index (Phi) is 5.79. The van der Waals surface area contributed by atoms with Crippen LogP contribution in [0.5, 0.6) is 0 Å². The molecule has 2 unspecified atom stereocenters. The number of nitrogens with zero attached hydrogens (tertiary/aromatic N) is 4. The van der Waals surface area contributed by atoms with E-state index in [0.29, 0.717) is 6.54 Å². The SMILES string of the molecule is CCN1C(=O)N(C2CC2c2ccccc2)C(=O)C12CCN(Cc1ccc(N3CCCC3)cc1)CC2. The van der Waals surface area contributed by atoms with Gasteiger partial charge in [-0.3, -0.25) is 14.6 Å². The van der Waals surface area contributed by atoms with Crippen LogP contribution in [0, 0.1) is 0 Å². The van der Waals surface area contributed by atoms with E-state index in [9.17, 15) is 9.59 Å². The van der Waals surface area contributed by atoms with Crippen LogP contribution in [0.1, 0.15) is 56.1 Å². The summed E-state index contributed by atoms with van der Waals surface area (Å²) in [5.74, 6) is 0.323. The Morgan fingerprint density at radius 3 is 2.23 bits per heavy atom. The first-order valence-corrected chi connectivity index (χ1v) is 13.4. The van der Waals surface area contributed by atoms with E-state index in [1.54, 1.807) is 4.90 Å². The lowest BCUT2D eigenvalue weighted by molar-refractivity contribution is -0.136. The van der Waals surface area contributed by atoms with Crippen molar-refractivity contribution >= 4 is 17.6 Å². The minimum atomic E-state index is -0.661. The molecule has 2 aromatic carbocycles. The number of carbonyl (C=O) groups excluding carboxylic acids is 2. The fourth-order valence-corrected chi connectivity index (χ4v) is 6.61. The lowest BCUT2D eigenvalue weighted by Crippen LogP contribution is -2.56. The molecule has 2 atom stereocenters. The second-order valence-corrected chi connectivity index (χ2v) is 10.7. The minimum Gasteiger partial charge on any atom is -0.372 e. The van der Waals surface area contributed by atoms with Crippen molar-refractivity contribution in [2.24, 2.45) is 0 Å². The summed E-state index contributed by atoms with van der Waals surface area (Å²) >= 11 is 0. The molecule has 2 aromatic rings. The van der Waals surface area contributed by atoms with E-state index in [-0.39, 0.29) is 23.9 Å². The number of carbonyl (C=O) groups is 2. The van der Waals surface area contributed by atoms with E-state index in [2.05, 4.69) is 46.2 Å². The molecule has 6 heteroatoms. The quantitative estimate of drug-likeness (QED) is 0.583. The molecule has 1 spiro atoms. The summed E-state index contributed by atoms with van der Waals surface area (Å²) in [6.07, 6.45) is 4.90. The molecule has 3 saturated heterocycles. The molecule has 35 heavy (non-hydrogen) atoms. The van der Waals surface area contributed by atoms with Gasteiger partial charge in [-0.25, -0.2) is 4.79 Å². The van der Waals surface area contributed by atoms with Gasteiger partial charge in [0.2, 0.25) is 0 Å². The molecular formula is C29H36N4O2. The summed E-state index contributed by atoms with van der Waals surface area (Å²) in [7, 11) is 0. The smallest absolute Gasteiger partial charge is 0.327 e. The minimum absolute atomic E-state index is 0.0120. The molecule has 3 amide bonds. The number of urea groups is 1. The predicted molar refractivity (Wildman–Crippen MR) is 137 cm³/mol. The number of amides is 3. The molecule has 6 nitrogen and oxygen atoms in total. The van der Waals surface area contributed by atoms with Gasteiger partial charge < -0.3 is 9.80 Å². The van der Waals surface area contributed by atoms with Crippen molar-refractivity contribution in [2.75, 3.05) is 37.6 Å². The van der Waals surface area contributed by atoms with E-state index in [1.165, 1.54) is 29.7 Å². The number of anilines is 1. The Hall–Kier alpha value is -2.86. The summed E-state index contributed by atoms with van der Waals surface area (Å²) in [5, 5.41) is 0. The van der Waals surface area contributed by atoms with Crippen LogP contribution in [0.2, 0.25) is 0 Å². The van der Waals surface area contributed by atoms with Gasteiger partial charge in [0.05, 0.1) is 0 Å². The lowest BCUT2D eigenvalue weighted by atomic mass is 9.85. The third kappa shape index (κ3) is 3.92. The number of likely N-dealkylation sites (tertiary alicyclic amines) is 1. The molecule has 6 rings (SSSR count). The Bertz CT molecular complexity index is 1070. The van der Waals surface area contributed by atoms with Crippen LogP contribution >= 0.6 is 0 Å². The highest BCUT2D eigenvalue weighted by atomic mass is 16.2. The monoisotopic (exact) mass is 472 g/mol. The van der Waals surface area contributed by atoms with E-state index >= 15 is 0 Å². The first-order valence-electron chi connectivity index (χ1n) is 13.4. The second-order valence-electron chi connectivity index (χ2n) is 10.7. The largest absolute Gasteiger partial charge is 0.372 e. The zero-order valence-electron chi connectivity index (χ0n) is 20.7. The fraction of sp³-hybridized carbons (Fsp3) is 0.517. The number of benzene rings is 2. The maximum atomic E-state index is 13.8. The molecule has 184 valence electrons. The van der Waals surface area contributed by atoms with E-state index in [0.717, 1.165) is 52.0 Å². The summed E-state index contributed by atoms with van der Waals surface area (Å²) in [5.41, 5.74) is 3.21. The normalized spacial score (nSPS) is 26.3. The molecule has 3 heterocycles. The predicted octanol–water partition coefficient (Wildman–Crippen LogP) is 4.46. The van der Waals surface area contributed by atoms with Crippen LogP contribution < -0.4 is 4.90 Å². The number of hydrogen-bond acceptors (Lipinski definition) is 4. The topological polar surface area (TPSA) is 47.1 Å². The zero-order valence-corrected chi connectivity index (χ0v) is 20.7. The van der Waals surface area contributed by atoms with Crippen molar-refractivity contribution in [3.05, 3.63) is 65.7 Å². The lowest BCUT2D eigenvalue weighted by Gasteiger charge is -2.42. The fourth-order valence-electron chi connectivity index (χ4n) is 6.61. The molecule has 3 aliphatic heterocycles. The molecule has 0 aromatic heterocycles. The van der Waals surface area contributed by atoms with Crippen LogP contribution in [-0.4, -0.2) is 70.9 Å². The molecular weight excluding hydrogens is 436 g/mol. The average Bonchev–Trinajstić information content (AvgIpc) is 3.40. The van der Waals surface area contributed by atoms with Crippen LogP contribution in [0.15, 0.2) is 54.6 Å². The first-order chi connectivity index (χ1) is 17.1. The molecule has 0 N–H and O–H groups in total. The van der Waals surface area contributed by atoms with Gasteiger partial charge in [0.1, 0.15) is 5.54 Å². The van der Waals surface area contributed by atoms with Crippen LogP contribution in [0.3, 0.4) is 0 Å². The van der Waals surface area contributed by atoms with Gasteiger partial charge >= 0.3 is 6.03 Å². The van der Waals surface area contributed by atoms with Crippen molar-refractivity contribution < 1.29 is 9.59 Å². The number of rotatable bonds is 6. The van der Waals surface area contributed by atoms with Crippen molar-refractivity contribution in [3.8, 4) is 0 Å². The van der Waals surface area contributed by atoms with Gasteiger partial charge in [-0.1, -0.05) is 42.5 Å². The molecule has 0 bridgehead atoms. The van der Waals surface area contributed by atoms with E-state index in [1.807, 2.05) is 30.0 Å². The Balaban J connectivity index is 1.11. The third-order valence-electron chi connectivity index (χ3n) is 8.70. The molecule has 4 fully saturated rings. The summed E-state index contributed by atoms with van der Waals surface area (Å²) in [4.78, 5) is 35.6. The highest BCUT2D eigenvalue weighted by molar-refractivity contribution is 6.07. The molecule has 0 radical (unpaired) electrons. The maximum Gasteiger partial charge on any atom is 0.327 e.